The molecule has 0 N–H and O–H groups in total. The molecule has 2 nitrogen and oxygen atoms in total. The van der Waals surface area contributed by atoms with Gasteiger partial charge in [-0.05, 0) is 18.6 Å². The molecule has 1 heterocycles. The molecular weight excluding hydrogens is 317 g/mol. The molecule has 21 heavy (non-hydrogen) atoms. The molecule has 122 valence electrons. The van der Waals surface area contributed by atoms with E-state index in [-0.39, 0.29) is 0 Å². The first-order chi connectivity index (χ1) is 9.28. The molecule has 0 amide bonds. The number of benzene rings is 1. The Balaban J connectivity index is 0.000000270. The van der Waals surface area contributed by atoms with E-state index >= 15 is 0 Å². The molecule has 0 atom stereocenters. The summed E-state index contributed by atoms with van der Waals surface area (Å²) in [5.41, 5.74) is 2.65. The fourth-order valence-electron chi connectivity index (χ4n) is 1.85. The average Bonchev–Trinajstić information content (AvgIpc) is 2.60. The van der Waals surface area contributed by atoms with E-state index < -0.39 is 7.81 Å². The molecule has 0 aliphatic heterocycles. The number of hydrogen-bond donors (Lipinski definition) is 0. The molecule has 0 bridgehead atoms. The van der Waals surface area contributed by atoms with Gasteiger partial charge in [0.15, 0.2) is 11.0 Å². The van der Waals surface area contributed by atoms with Gasteiger partial charge in [0.05, 0.1) is 13.6 Å². The third-order valence-corrected chi connectivity index (χ3v) is 2.64. The van der Waals surface area contributed by atoms with E-state index in [0.29, 0.717) is 0 Å². The van der Waals surface area contributed by atoms with Crippen LogP contribution in [0.5, 0.6) is 0 Å². The van der Waals surface area contributed by atoms with Crippen molar-refractivity contribution in [1.29, 1.82) is 0 Å². The first-order valence-corrected chi connectivity index (χ1v) is 8.30. The van der Waals surface area contributed by atoms with Crippen molar-refractivity contribution in [3.05, 3.63) is 30.6 Å². The Labute approximate surface area is 118 Å². The molecule has 0 fully saturated rings. The zero-order valence-corrected chi connectivity index (χ0v) is 12.5. The Morgan fingerprint density at radius 2 is 1.57 bits per heavy atom. The molecule has 9 heteroatoms. The molecule has 0 aliphatic carbocycles. The van der Waals surface area contributed by atoms with Crippen molar-refractivity contribution in [2.75, 3.05) is 0 Å². The van der Waals surface area contributed by atoms with E-state index in [1.54, 1.807) is 0 Å². The van der Waals surface area contributed by atoms with Gasteiger partial charge in [0.2, 0.25) is 6.33 Å². The van der Waals surface area contributed by atoms with Crippen LogP contribution in [0.1, 0.15) is 19.8 Å². The number of para-hydroxylation sites is 2. The number of aromatic nitrogens is 2. The second-order valence-corrected chi connectivity index (χ2v) is 6.64. The van der Waals surface area contributed by atoms with Crippen LogP contribution < -0.4 is 4.57 Å². The van der Waals surface area contributed by atoms with E-state index in [4.69, 9.17) is 0 Å². The van der Waals surface area contributed by atoms with Crippen LogP contribution in [0.25, 0.3) is 11.0 Å². The summed E-state index contributed by atoms with van der Waals surface area (Å²) in [6.45, 7) is 3.35. The number of imidazole rings is 1. The van der Waals surface area contributed by atoms with Gasteiger partial charge < -0.3 is 0 Å². The number of aryl methyl sites for hydroxylation is 2. The molecule has 1 aromatic heterocycles. The van der Waals surface area contributed by atoms with Crippen molar-refractivity contribution in [3.8, 4) is 0 Å². The fraction of sp³-hybridized carbons (Fsp3) is 0.417. The van der Waals surface area contributed by atoms with Crippen LogP contribution in [-0.2, 0) is 13.6 Å². The Kier molecular flexibility index (Phi) is 4.36. The van der Waals surface area contributed by atoms with Gasteiger partial charge in [-0.15, -0.1) is 0 Å². The average molecular weight is 334 g/mol. The maximum atomic E-state index is 9.87. The first kappa shape index (κ1) is 17.8. The summed E-state index contributed by atoms with van der Waals surface area (Å²) in [5.74, 6) is 0. The third-order valence-electron chi connectivity index (χ3n) is 2.64. The number of halogens is 6. The van der Waals surface area contributed by atoms with Gasteiger partial charge in [0, 0.05) is 0 Å². The van der Waals surface area contributed by atoms with Gasteiger partial charge in [-0.3, -0.25) is 0 Å². The summed E-state index contributed by atoms with van der Waals surface area (Å²) >= 11 is 0. The van der Waals surface area contributed by atoms with Gasteiger partial charge in [0.25, 0.3) is 0 Å². The number of fused-ring (bicyclic) bond motifs is 1. The van der Waals surface area contributed by atoms with E-state index in [0.717, 1.165) is 6.54 Å². The van der Waals surface area contributed by atoms with Crippen molar-refractivity contribution in [1.82, 2.24) is 4.57 Å². The topological polar surface area (TPSA) is 8.81 Å². The van der Waals surface area contributed by atoms with Crippen LogP contribution in [0.2, 0.25) is 0 Å². The molecule has 0 saturated carbocycles. The summed E-state index contributed by atoms with van der Waals surface area (Å²) in [6, 6.07) is 8.54. The summed E-state index contributed by atoms with van der Waals surface area (Å²) in [7, 11) is -8.56. The van der Waals surface area contributed by atoms with Crippen LogP contribution >= 0.6 is 7.81 Å². The molecule has 1 aromatic carbocycles. The predicted molar refractivity (Wildman–Crippen MR) is 71.6 cm³/mol. The fourth-order valence-corrected chi connectivity index (χ4v) is 1.85. The summed E-state index contributed by atoms with van der Waals surface area (Å²) in [4.78, 5) is 0. The van der Waals surface area contributed by atoms with Gasteiger partial charge in [0.1, 0.15) is 0 Å². The van der Waals surface area contributed by atoms with Gasteiger partial charge in [-0.1, -0.05) is 25.5 Å². The second kappa shape index (κ2) is 5.16. The van der Waals surface area contributed by atoms with Crippen molar-refractivity contribution < 1.29 is 29.7 Å². The first-order valence-electron chi connectivity index (χ1n) is 6.28. The van der Waals surface area contributed by atoms with Crippen LogP contribution in [0.4, 0.5) is 25.2 Å². The minimum absolute atomic E-state index is 1.12. The van der Waals surface area contributed by atoms with Gasteiger partial charge in [-0.25, -0.2) is 9.13 Å². The second-order valence-electron chi connectivity index (χ2n) is 4.72. The zero-order chi connectivity index (χ0) is 16.4. The van der Waals surface area contributed by atoms with E-state index in [1.165, 1.54) is 23.9 Å². The van der Waals surface area contributed by atoms with Crippen molar-refractivity contribution in [3.63, 3.8) is 0 Å². The van der Waals surface area contributed by atoms with E-state index in [2.05, 4.69) is 53.7 Å². The number of nitrogens with zero attached hydrogens (tertiary/aromatic N) is 2. The molecular formula is C12H17F6N2P. The van der Waals surface area contributed by atoms with E-state index in [9.17, 15) is 25.2 Å². The Hall–Kier alpha value is -1.30. The maximum absolute atomic E-state index is 10.7. The van der Waals surface area contributed by atoms with E-state index in [1.807, 2.05) is 0 Å². The normalized spacial score (nSPS) is 15.0. The van der Waals surface area contributed by atoms with Crippen molar-refractivity contribution in [2.24, 2.45) is 7.05 Å². The summed E-state index contributed by atoms with van der Waals surface area (Å²) < 4.78 is 63.7. The van der Waals surface area contributed by atoms with Crippen molar-refractivity contribution in [2.45, 2.75) is 26.3 Å². The monoisotopic (exact) mass is 334 g/mol. The van der Waals surface area contributed by atoms with Crippen LogP contribution in [0.3, 0.4) is 0 Å². The number of hydrogen-bond acceptors (Lipinski definition) is 0. The van der Waals surface area contributed by atoms with Crippen LogP contribution in [0, 0.1) is 0 Å². The van der Waals surface area contributed by atoms with Crippen LogP contribution in [-0.4, -0.2) is 4.57 Å². The standard InChI is InChI=1S/C12H17N2.F6P/c1-3-4-9-14-10-13(2)11-7-5-6-8-12(11)14;1-7(2,3,4,5)6/h5-8,10H,3-4,9H2,1-2H3;/q+1;-1. The predicted octanol–water partition coefficient (Wildman–Crippen LogP) is 5.65. The molecule has 0 unspecified atom stereocenters. The quantitative estimate of drug-likeness (QED) is 0.390. The number of rotatable bonds is 3. The Morgan fingerprint density at radius 1 is 1.05 bits per heavy atom. The molecule has 2 aromatic rings. The SMILES string of the molecule is CCCCn1c[n+](C)c2ccccc21.F[P-](F)(F)(F)(F)F. The van der Waals surface area contributed by atoms with Gasteiger partial charge >= 0.3 is 33.0 Å². The molecule has 0 radical (unpaired) electrons. The Bertz CT molecular complexity index is 606. The van der Waals surface area contributed by atoms with Crippen molar-refractivity contribution >= 4 is 18.8 Å². The zero-order valence-electron chi connectivity index (χ0n) is 11.6. The van der Waals surface area contributed by atoms with Gasteiger partial charge in [-0.2, -0.15) is 0 Å². The molecule has 0 saturated heterocycles. The molecule has 0 spiro atoms. The molecule has 2 rings (SSSR count). The Morgan fingerprint density at radius 3 is 2.10 bits per heavy atom. The third kappa shape index (κ3) is 7.90. The molecule has 0 aliphatic rings. The minimum atomic E-state index is -10.7. The summed E-state index contributed by atoms with van der Waals surface area (Å²) in [5, 5.41) is 0. The van der Waals surface area contributed by atoms with Crippen LogP contribution in [0.15, 0.2) is 30.6 Å². The summed E-state index contributed by atoms with van der Waals surface area (Å²) in [6.07, 6.45) is 4.68. The number of unbranched alkanes of at least 4 members (excludes halogenated alkanes) is 1.